The quantitative estimate of drug-likeness (QED) is 0.610. The molecule has 2 aliphatic rings. The Labute approximate surface area is 198 Å². The average molecular weight is 499 g/mol. The fraction of sp³-hybridized carbons (Fsp3) is 0.591. The minimum absolute atomic E-state index is 0.0526. The van der Waals surface area contributed by atoms with Crippen molar-refractivity contribution in [3.63, 3.8) is 0 Å². The molecule has 1 aliphatic carbocycles. The summed E-state index contributed by atoms with van der Waals surface area (Å²) in [6.45, 7) is 1.47. The predicted octanol–water partition coefficient (Wildman–Crippen LogP) is 2.40. The molecule has 0 spiro atoms. The van der Waals surface area contributed by atoms with Crippen LogP contribution in [0.3, 0.4) is 0 Å². The fourth-order valence-corrected chi connectivity index (χ4v) is 5.35. The SMILES string of the molecule is CN(C1CCC(N2CC(NC(=O)CNc3ncnc4ccc(C(F)(F)F)cc34)C2)CC1)S(C)=O. The van der Waals surface area contributed by atoms with Gasteiger partial charge in [0.2, 0.25) is 5.91 Å². The van der Waals surface area contributed by atoms with E-state index in [9.17, 15) is 22.2 Å². The van der Waals surface area contributed by atoms with Crippen molar-refractivity contribution in [1.82, 2.24) is 24.5 Å². The third-order valence-corrected chi connectivity index (χ3v) is 7.87. The molecule has 34 heavy (non-hydrogen) atoms. The van der Waals surface area contributed by atoms with E-state index in [1.54, 1.807) is 6.26 Å². The molecule has 1 aromatic heterocycles. The number of likely N-dealkylation sites (tertiary alicyclic amines) is 1. The lowest BCUT2D eigenvalue weighted by Crippen LogP contribution is -2.63. The Balaban J connectivity index is 1.24. The van der Waals surface area contributed by atoms with E-state index < -0.39 is 22.7 Å². The van der Waals surface area contributed by atoms with Gasteiger partial charge >= 0.3 is 6.18 Å². The summed E-state index contributed by atoms with van der Waals surface area (Å²) in [5, 5.41) is 6.03. The number of hydrogen-bond acceptors (Lipinski definition) is 6. The highest BCUT2D eigenvalue weighted by Gasteiger charge is 2.36. The summed E-state index contributed by atoms with van der Waals surface area (Å²) < 4.78 is 52.8. The summed E-state index contributed by atoms with van der Waals surface area (Å²) in [7, 11) is 0.956. The molecule has 1 saturated heterocycles. The Bertz CT molecular complexity index is 1050. The Hall–Kier alpha value is -2.31. The normalized spacial score (nSPS) is 23.0. The van der Waals surface area contributed by atoms with Crippen LogP contribution in [0.4, 0.5) is 19.0 Å². The number of nitrogens with one attached hydrogen (secondary N) is 2. The molecular formula is C22H29F3N6O2S. The first-order valence-electron chi connectivity index (χ1n) is 11.3. The van der Waals surface area contributed by atoms with Gasteiger partial charge < -0.3 is 10.6 Å². The zero-order chi connectivity index (χ0) is 24.5. The highest BCUT2D eigenvalue weighted by molar-refractivity contribution is 7.81. The molecule has 2 heterocycles. The molecule has 4 rings (SSSR count). The van der Waals surface area contributed by atoms with Gasteiger partial charge in [-0.15, -0.1) is 0 Å². The van der Waals surface area contributed by atoms with Crippen LogP contribution in [-0.4, -0.2) is 80.4 Å². The Morgan fingerprint density at radius 1 is 1.21 bits per heavy atom. The van der Waals surface area contributed by atoms with Crippen LogP contribution in [0.15, 0.2) is 24.5 Å². The molecule has 1 saturated carbocycles. The lowest BCUT2D eigenvalue weighted by Gasteiger charge is -2.47. The molecule has 12 heteroatoms. The zero-order valence-electron chi connectivity index (χ0n) is 19.1. The van der Waals surface area contributed by atoms with Gasteiger partial charge in [0.25, 0.3) is 0 Å². The second-order valence-corrected chi connectivity index (χ2v) is 10.4. The van der Waals surface area contributed by atoms with Crippen molar-refractivity contribution in [3.05, 3.63) is 30.1 Å². The molecule has 2 aromatic rings. The summed E-state index contributed by atoms with van der Waals surface area (Å²) in [6.07, 6.45) is 2.62. The fourth-order valence-electron chi connectivity index (χ4n) is 4.72. The van der Waals surface area contributed by atoms with Crippen LogP contribution in [-0.2, 0) is 22.0 Å². The number of anilines is 1. The third-order valence-electron chi connectivity index (χ3n) is 6.76. The third kappa shape index (κ3) is 5.66. The standard InChI is InChI=1S/C22H29F3N6O2S/c1-30(34(2)33)16-4-6-17(7-5-16)31-11-15(12-31)29-20(32)10-26-21-18-9-14(22(23,24)25)3-8-19(18)27-13-28-21/h3,8-9,13,15-17H,4-7,10-12H2,1-2H3,(H,29,32)(H,26,27,28). The number of alkyl halides is 3. The van der Waals surface area contributed by atoms with Crippen LogP contribution in [0, 0.1) is 0 Å². The van der Waals surface area contributed by atoms with Gasteiger partial charge in [-0.3, -0.25) is 9.69 Å². The lowest BCUT2D eigenvalue weighted by atomic mass is 9.88. The van der Waals surface area contributed by atoms with Crippen LogP contribution in [0.2, 0.25) is 0 Å². The van der Waals surface area contributed by atoms with E-state index in [1.807, 2.05) is 11.4 Å². The highest BCUT2D eigenvalue weighted by Crippen LogP contribution is 2.32. The van der Waals surface area contributed by atoms with Crippen molar-refractivity contribution in [2.24, 2.45) is 0 Å². The van der Waals surface area contributed by atoms with Gasteiger partial charge in [0.05, 0.1) is 34.7 Å². The summed E-state index contributed by atoms with van der Waals surface area (Å²) in [4.78, 5) is 22.8. The van der Waals surface area contributed by atoms with Crippen molar-refractivity contribution >= 4 is 33.6 Å². The number of rotatable bonds is 7. The predicted molar refractivity (Wildman–Crippen MR) is 124 cm³/mol. The van der Waals surface area contributed by atoms with E-state index >= 15 is 0 Å². The number of fused-ring (bicyclic) bond motifs is 1. The molecule has 2 N–H and O–H groups in total. The topological polar surface area (TPSA) is 90.5 Å². The maximum Gasteiger partial charge on any atom is 0.416 e. The molecule has 8 nitrogen and oxygen atoms in total. The maximum absolute atomic E-state index is 13.1. The summed E-state index contributed by atoms with van der Waals surface area (Å²) in [5.74, 6) is -0.0460. The van der Waals surface area contributed by atoms with E-state index in [2.05, 4.69) is 25.5 Å². The Morgan fingerprint density at radius 2 is 1.91 bits per heavy atom. The molecule has 1 aromatic carbocycles. The van der Waals surface area contributed by atoms with Crippen LogP contribution >= 0.6 is 0 Å². The number of carbonyl (C=O) groups excluding carboxylic acids is 1. The zero-order valence-corrected chi connectivity index (χ0v) is 20.0. The van der Waals surface area contributed by atoms with Crippen molar-refractivity contribution in [2.75, 3.05) is 38.3 Å². The van der Waals surface area contributed by atoms with Crippen molar-refractivity contribution in [1.29, 1.82) is 0 Å². The lowest BCUT2D eigenvalue weighted by molar-refractivity contribution is -0.137. The average Bonchev–Trinajstić information content (AvgIpc) is 2.78. The van der Waals surface area contributed by atoms with Gasteiger partial charge in [0, 0.05) is 43.9 Å². The van der Waals surface area contributed by atoms with E-state index in [-0.39, 0.29) is 29.7 Å². The number of halogens is 3. The van der Waals surface area contributed by atoms with E-state index in [1.165, 1.54) is 12.4 Å². The maximum atomic E-state index is 13.1. The number of carbonyl (C=O) groups is 1. The largest absolute Gasteiger partial charge is 0.416 e. The van der Waals surface area contributed by atoms with Crippen LogP contribution < -0.4 is 10.6 Å². The molecule has 1 unspecified atom stereocenters. The molecule has 1 atom stereocenters. The van der Waals surface area contributed by atoms with Crippen LogP contribution in [0.1, 0.15) is 31.2 Å². The van der Waals surface area contributed by atoms with Gasteiger partial charge in [-0.2, -0.15) is 13.2 Å². The first-order valence-corrected chi connectivity index (χ1v) is 12.8. The van der Waals surface area contributed by atoms with Gasteiger partial charge in [0.1, 0.15) is 12.1 Å². The molecule has 1 amide bonds. The summed E-state index contributed by atoms with van der Waals surface area (Å²) in [6, 6.07) is 4.15. The minimum Gasteiger partial charge on any atom is -0.360 e. The number of benzene rings is 1. The van der Waals surface area contributed by atoms with Gasteiger partial charge in [-0.1, -0.05) is 0 Å². The number of aromatic nitrogens is 2. The van der Waals surface area contributed by atoms with Crippen LogP contribution in [0.25, 0.3) is 10.9 Å². The second-order valence-electron chi connectivity index (χ2n) is 8.96. The van der Waals surface area contributed by atoms with E-state index in [4.69, 9.17) is 0 Å². The second kappa shape index (κ2) is 10.1. The summed E-state index contributed by atoms with van der Waals surface area (Å²) in [5.41, 5.74) is -0.424. The monoisotopic (exact) mass is 498 g/mol. The molecule has 1 aliphatic heterocycles. The molecular weight excluding hydrogens is 469 g/mol. The van der Waals surface area contributed by atoms with E-state index in [0.29, 0.717) is 17.6 Å². The van der Waals surface area contributed by atoms with Crippen molar-refractivity contribution < 1.29 is 22.2 Å². The molecule has 0 radical (unpaired) electrons. The van der Waals surface area contributed by atoms with Gasteiger partial charge in [0.15, 0.2) is 0 Å². The smallest absolute Gasteiger partial charge is 0.360 e. The van der Waals surface area contributed by atoms with Crippen molar-refractivity contribution in [3.8, 4) is 0 Å². The number of amides is 1. The van der Waals surface area contributed by atoms with Crippen LogP contribution in [0.5, 0.6) is 0 Å². The Morgan fingerprint density at radius 3 is 2.56 bits per heavy atom. The van der Waals surface area contributed by atoms with E-state index in [0.717, 1.165) is 50.9 Å². The Kier molecular flexibility index (Phi) is 7.39. The molecule has 0 bridgehead atoms. The van der Waals surface area contributed by atoms with Crippen molar-refractivity contribution in [2.45, 2.75) is 50.0 Å². The molecule has 2 fully saturated rings. The number of hydrogen-bond donors (Lipinski definition) is 2. The first kappa shape index (κ1) is 24.8. The van der Waals surface area contributed by atoms with Gasteiger partial charge in [-0.25, -0.2) is 18.5 Å². The summed E-state index contributed by atoms with van der Waals surface area (Å²) >= 11 is 0. The number of nitrogens with zero attached hydrogens (tertiary/aromatic N) is 4. The molecule has 186 valence electrons. The minimum atomic E-state index is -4.47. The first-order chi connectivity index (χ1) is 16.1. The van der Waals surface area contributed by atoms with Gasteiger partial charge in [-0.05, 0) is 43.9 Å². The highest BCUT2D eigenvalue weighted by atomic mass is 32.2.